The Hall–Kier alpha value is -0.770. The second kappa shape index (κ2) is 7.20. The van der Waals surface area contributed by atoms with Crippen molar-refractivity contribution in [1.82, 2.24) is 0 Å². The molecule has 0 bridgehead atoms. The average molecular weight is 327 g/mol. The summed E-state index contributed by atoms with van der Waals surface area (Å²) in [5.41, 5.74) is 14.2. The number of hydrogen-bond acceptors (Lipinski definition) is 3. The van der Waals surface area contributed by atoms with Crippen LogP contribution in [0.15, 0.2) is 12.1 Å². The maximum atomic E-state index is 6.47. The second-order valence-electron chi connectivity index (χ2n) is 7.77. The molecule has 0 saturated heterocycles. The highest BCUT2D eigenvalue weighted by Gasteiger charge is 2.29. The van der Waals surface area contributed by atoms with Crippen LogP contribution in [0.2, 0.25) is 5.02 Å². The molecule has 0 heterocycles. The standard InChI is InChI=1S/C18H31ClN2O/c1-7-22-16-13(15(21)10-20)8-12(9-14(16)19)18(5,6)11-17(2,3)4/h8-9,15H,7,10-11,20-21H2,1-6H3. The van der Waals surface area contributed by atoms with Gasteiger partial charge in [-0.3, -0.25) is 0 Å². The van der Waals surface area contributed by atoms with Gasteiger partial charge in [0.1, 0.15) is 5.75 Å². The lowest BCUT2D eigenvalue weighted by atomic mass is 9.72. The first-order valence-corrected chi connectivity index (χ1v) is 8.32. The quantitative estimate of drug-likeness (QED) is 0.813. The van der Waals surface area contributed by atoms with Gasteiger partial charge < -0.3 is 16.2 Å². The Bertz CT molecular complexity index is 507. The topological polar surface area (TPSA) is 61.3 Å². The minimum atomic E-state index is -0.274. The zero-order valence-electron chi connectivity index (χ0n) is 14.8. The third kappa shape index (κ3) is 4.87. The van der Waals surface area contributed by atoms with Gasteiger partial charge in [-0.05, 0) is 41.9 Å². The van der Waals surface area contributed by atoms with Crippen molar-refractivity contribution in [2.75, 3.05) is 13.2 Å². The van der Waals surface area contributed by atoms with Crippen molar-refractivity contribution >= 4 is 11.6 Å². The Kier molecular flexibility index (Phi) is 6.31. The van der Waals surface area contributed by atoms with Crippen LogP contribution in [0.5, 0.6) is 5.75 Å². The van der Waals surface area contributed by atoms with Gasteiger partial charge in [0.05, 0.1) is 11.6 Å². The van der Waals surface area contributed by atoms with Gasteiger partial charge in [0.25, 0.3) is 0 Å². The highest BCUT2D eigenvalue weighted by atomic mass is 35.5. The maximum absolute atomic E-state index is 6.47. The number of rotatable bonds is 6. The van der Waals surface area contributed by atoms with Crippen molar-refractivity contribution in [3.8, 4) is 5.75 Å². The third-order valence-electron chi connectivity index (χ3n) is 3.77. The molecule has 0 aliphatic rings. The summed E-state index contributed by atoms with van der Waals surface area (Å²) in [5, 5.41) is 0.611. The number of nitrogens with two attached hydrogens (primary N) is 2. The predicted octanol–water partition coefficient (Wildman–Crippen LogP) is 4.41. The molecule has 1 aromatic rings. The SMILES string of the molecule is CCOc1c(Cl)cc(C(C)(C)CC(C)(C)C)cc1C(N)CN. The smallest absolute Gasteiger partial charge is 0.142 e. The zero-order valence-corrected chi connectivity index (χ0v) is 15.6. The Morgan fingerprint density at radius 3 is 2.23 bits per heavy atom. The summed E-state index contributed by atoms with van der Waals surface area (Å²) in [5.74, 6) is 0.664. The summed E-state index contributed by atoms with van der Waals surface area (Å²) in [6, 6.07) is 3.84. The van der Waals surface area contributed by atoms with Crippen molar-refractivity contribution in [1.29, 1.82) is 0 Å². The largest absolute Gasteiger partial charge is 0.492 e. The molecule has 22 heavy (non-hydrogen) atoms. The molecule has 1 atom stereocenters. The summed E-state index contributed by atoms with van der Waals surface area (Å²) < 4.78 is 5.69. The van der Waals surface area contributed by atoms with E-state index in [2.05, 4.69) is 40.7 Å². The zero-order chi connectivity index (χ0) is 17.1. The van der Waals surface area contributed by atoms with Gasteiger partial charge in [0, 0.05) is 18.2 Å². The van der Waals surface area contributed by atoms with E-state index in [4.69, 9.17) is 27.8 Å². The minimum Gasteiger partial charge on any atom is -0.492 e. The fraction of sp³-hybridized carbons (Fsp3) is 0.667. The lowest BCUT2D eigenvalue weighted by Crippen LogP contribution is -2.26. The van der Waals surface area contributed by atoms with Crippen LogP contribution in [0, 0.1) is 5.41 Å². The van der Waals surface area contributed by atoms with Crippen LogP contribution in [0.4, 0.5) is 0 Å². The number of halogens is 1. The van der Waals surface area contributed by atoms with Gasteiger partial charge in [0.15, 0.2) is 0 Å². The first kappa shape index (κ1) is 19.3. The molecule has 3 nitrogen and oxygen atoms in total. The van der Waals surface area contributed by atoms with Crippen molar-refractivity contribution in [2.24, 2.45) is 16.9 Å². The van der Waals surface area contributed by atoms with E-state index in [-0.39, 0.29) is 16.9 Å². The van der Waals surface area contributed by atoms with E-state index in [1.165, 1.54) is 5.56 Å². The monoisotopic (exact) mass is 326 g/mol. The molecule has 4 N–H and O–H groups in total. The molecule has 0 saturated carbocycles. The lowest BCUT2D eigenvalue weighted by molar-refractivity contribution is 0.283. The molecular formula is C18H31ClN2O. The van der Waals surface area contributed by atoms with Crippen LogP contribution in [0.1, 0.15) is 65.1 Å². The molecule has 0 aromatic heterocycles. The fourth-order valence-corrected chi connectivity index (χ4v) is 3.41. The lowest BCUT2D eigenvalue weighted by Gasteiger charge is -2.34. The summed E-state index contributed by atoms with van der Waals surface area (Å²) in [7, 11) is 0. The molecule has 1 aromatic carbocycles. The van der Waals surface area contributed by atoms with E-state index in [1.807, 2.05) is 13.0 Å². The third-order valence-corrected chi connectivity index (χ3v) is 4.05. The molecule has 1 unspecified atom stereocenters. The number of benzene rings is 1. The molecule has 126 valence electrons. The van der Waals surface area contributed by atoms with E-state index in [0.717, 1.165) is 12.0 Å². The number of hydrogen-bond donors (Lipinski definition) is 2. The molecule has 0 amide bonds. The van der Waals surface area contributed by atoms with Crippen LogP contribution < -0.4 is 16.2 Å². The number of ether oxygens (including phenoxy) is 1. The molecule has 0 aliphatic carbocycles. The minimum absolute atomic E-state index is 0.00426. The first-order chi connectivity index (χ1) is 10.0. The maximum Gasteiger partial charge on any atom is 0.142 e. The molecule has 0 radical (unpaired) electrons. The van der Waals surface area contributed by atoms with Crippen LogP contribution in [-0.2, 0) is 5.41 Å². The summed E-state index contributed by atoms with van der Waals surface area (Å²) >= 11 is 6.47. The highest BCUT2D eigenvalue weighted by Crippen LogP contribution is 2.41. The van der Waals surface area contributed by atoms with Gasteiger partial charge in [-0.15, -0.1) is 0 Å². The summed E-state index contributed by atoms with van der Waals surface area (Å²) in [4.78, 5) is 0. The fourth-order valence-electron chi connectivity index (χ4n) is 3.13. The molecular weight excluding hydrogens is 296 g/mol. The predicted molar refractivity (Wildman–Crippen MR) is 95.7 cm³/mol. The summed E-state index contributed by atoms with van der Waals surface area (Å²) in [6.45, 7) is 14.1. The molecule has 0 spiro atoms. The van der Waals surface area contributed by atoms with E-state index in [0.29, 0.717) is 23.9 Å². The van der Waals surface area contributed by atoms with Gasteiger partial charge in [-0.2, -0.15) is 0 Å². The first-order valence-electron chi connectivity index (χ1n) is 7.94. The van der Waals surface area contributed by atoms with Gasteiger partial charge in [0.2, 0.25) is 0 Å². The van der Waals surface area contributed by atoms with E-state index >= 15 is 0 Å². The van der Waals surface area contributed by atoms with Crippen molar-refractivity contribution in [2.45, 2.75) is 59.4 Å². The molecule has 1 rings (SSSR count). The highest BCUT2D eigenvalue weighted by molar-refractivity contribution is 6.32. The molecule has 0 fully saturated rings. The Balaban J connectivity index is 3.36. The van der Waals surface area contributed by atoms with Crippen molar-refractivity contribution in [3.05, 3.63) is 28.3 Å². The van der Waals surface area contributed by atoms with Crippen LogP contribution in [0.25, 0.3) is 0 Å². The van der Waals surface area contributed by atoms with Crippen LogP contribution >= 0.6 is 11.6 Å². The Morgan fingerprint density at radius 2 is 1.77 bits per heavy atom. The second-order valence-corrected chi connectivity index (χ2v) is 8.18. The Labute approximate surface area is 140 Å². The van der Waals surface area contributed by atoms with E-state index < -0.39 is 0 Å². The average Bonchev–Trinajstić information content (AvgIpc) is 2.37. The normalized spacial score (nSPS) is 14.0. The van der Waals surface area contributed by atoms with Crippen molar-refractivity contribution in [3.63, 3.8) is 0 Å². The van der Waals surface area contributed by atoms with Crippen LogP contribution in [0.3, 0.4) is 0 Å². The van der Waals surface area contributed by atoms with Crippen molar-refractivity contribution < 1.29 is 4.74 Å². The van der Waals surface area contributed by atoms with Gasteiger partial charge in [-0.25, -0.2) is 0 Å². The van der Waals surface area contributed by atoms with Gasteiger partial charge >= 0.3 is 0 Å². The summed E-state index contributed by atoms with van der Waals surface area (Å²) in [6.07, 6.45) is 1.04. The van der Waals surface area contributed by atoms with E-state index in [9.17, 15) is 0 Å². The van der Waals surface area contributed by atoms with Gasteiger partial charge in [-0.1, -0.05) is 46.2 Å². The molecule has 4 heteroatoms. The molecule has 0 aliphatic heterocycles. The van der Waals surface area contributed by atoms with Crippen LogP contribution in [-0.4, -0.2) is 13.2 Å². The van der Waals surface area contributed by atoms with E-state index in [1.54, 1.807) is 0 Å². The Morgan fingerprint density at radius 1 is 1.18 bits per heavy atom.